The molecule has 0 saturated carbocycles. The molecule has 1 amide bonds. The van der Waals surface area contributed by atoms with Gasteiger partial charge < -0.3 is 16.2 Å². The minimum absolute atomic E-state index is 0.0738. The molecule has 0 aliphatic carbocycles. The number of amides is 1. The third-order valence-corrected chi connectivity index (χ3v) is 5.94. The fraction of sp³-hybridized carbons (Fsp3) is 0.217. The highest BCUT2D eigenvalue weighted by molar-refractivity contribution is 7.14. The first kappa shape index (κ1) is 21.9. The number of aliphatic imine (C=N–C) groups is 1. The Morgan fingerprint density at radius 2 is 1.93 bits per heavy atom. The van der Waals surface area contributed by atoms with Crippen LogP contribution in [0.4, 0.5) is 0 Å². The Morgan fingerprint density at radius 3 is 2.60 bits per heavy atom. The van der Waals surface area contributed by atoms with Crippen LogP contribution in [0.1, 0.15) is 24.5 Å². The lowest BCUT2D eigenvalue weighted by atomic mass is 9.97. The van der Waals surface area contributed by atoms with Crippen LogP contribution in [0.25, 0.3) is 21.6 Å². The quantitative estimate of drug-likeness (QED) is 0.390. The maximum absolute atomic E-state index is 12.4. The van der Waals surface area contributed by atoms with Crippen LogP contribution in [0.5, 0.6) is 5.75 Å². The second-order valence-corrected chi connectivity index (χ2v) is 8.16. The number of nitrogens with zero attached hydrogens (tertiary/aromatic N) is 1. The molecule has 156 valence electrons. The number of halogens is 1. The summed E-state index contributed by atoms with van der Waals surface area (Å²) in [5.41, 5.74) is 15.5. The van der Waals surface area contributed by atoms with Crippen LogP contribution in [-0.2, 0) is 11.2 Å². The van der Waals surface area contributed by atoms with E-state index < -0.39 is 5.91 Å². The van der Waals surface area contributed by atoms with Crippen molar-refractivity contribution in [2.75, 3.05) is 6.61 Å². The van der Waals surface area contributed by atoms with Gasteiger partial charge in [0.25, 0.3) is 5.91 Å². The monoisotopic (exact) mass is 441 g/mol. The van der Waals surface area contributed by atoms with Gasteiger partial charge in [0.05, 0.1) is 13.0 Å². The number of carbonyl (C=O) groups is 1. The van der Waals surface area contributed by atoms with Crippen LogP contribution in [-0.4, -0.2) is 18.5 Å². The van der Waals surface area contributed by atoms with Crippen LogP contribution in [0, 0.1) is 6.92 Å². The molecule has 3 rings (SSSR count). The number of hydrogen-bond acceptors (Lipinski definition) is 3. The molecule has 0 radical (unpaired) electrons. The number of carbonyl (C=O) groups excluding carboxylic acids is 1. The van der Waals surface area contributed by atoms with Gasteiger partial charge in [0.2, 0.25) is 0 Å². The van der Waals surface area contributed by atoms with Gasteiger partial charge >= 0.3 is 0 Å². The smallest absolute Gasteiger partial charge is 0.253 e. The molecule has 30 heavy (non-hydrogen) atoms. The zero-order chi connectivity index (χ0) is 21.7. The number of thiophene rings is 1. The van der Waals surface area contributed by atoms with Gasteiger partial charge in [-0.3, -0.25) is 4.79 Å². The summed E-state index contributed by atoms with van der Waals surface area (Å²) in [4.78, 5) is 17.1. The summed E-state index contributed by atoms with van der Waals surface area (Å²) >= 11 is 8.00. The predicted molar refractivity (Wildman–Crippen MR) is 125 cm³/mol. The van der Waals surface area contributed by atoms with Gasteiger partial charge in [-0.25, -0.2) is 0 Å². The lowest BCUT2D eigenvalue weighted by molar-refractivity contribution is -0.117. The molecule has 0 fully saturated rings. The first-order valence-electron chi connectivity index (χ1n) is 9.62. The van der Waals surface area contributed by atoms with E-state index in [4.69, 9.17) is 27.8 Å². The minimum Gasteiger partial charge on any atom is -0.493 e. The molecule has 0 spiro atoms. The number of ether oxygens (including phenoxy) is 1. The van der Waals surface area contributed by atoms with Crippen LogP contribution >= 0.6 is 22.9 Å². The molecule has 0 bridgehead atoms. The third kappa shape index (κ3) is 5.01. The number of rotatable bonds is 7. The first-order chi connectivity index (χ1) is 14.4. The third-order valence-electron chi connectivity index (χ3n) is 4.54. The number of guanidine groups is 1. The van der Waals surface area contributed by atoms with Crippen LogP contribution in [0.15, 0.2) is 52.8 Å². The Kier molecular flexibility index (Phi) is 7.13. The molecule has 5 nitrogen and oxygen atoms in total. The Bertz CT molecular complexity index is 1090. The first-order valence-corrected chi connectivity index (χ1v) is 10.9. The summed E-state index contributed by atoms with van der Waals surface area (Å²) in [6.45, 7) is 4.76. The Labute approximate surface area is 185 Å². The summed E-state index contributed by atoms with van der Waals surface area (Å²) in [7, 11) is 0. The zero-order valence-corrected chi connectivity index (χ0v) is 18.5. The Balaban J connectivity index is 2.08. The largest absolute Gasteiger partial charge is 0.493 e. The van der Waals surface area contributed by atoms with Crippen molar-refractivity contribution in [1.82, 2.24) is 0 Å². The average Bonchev–Trinajstić information content (AvgIpc) is 3.10. The summed E-state index contributed by atoms with van der Waals surface area (Å²) in [5, 5.41) is 2.64. The fourth-order valence-electron chi connectivity index (χ4n) is 3.21. The van der Waals surface area contributed by atoms with Crippen LogP contribution in [0.2, 0.25) is 5.02 Å². The van der Waals surface area contributed by atoms with Gasteiger partial charge in [-0.2, -0.15) is 4.99 Å². The molecule has 1 aromatic heterocycles. The standard InChI is InChI=1S/C23H24ClN3O2S/c1-3-10-29-20-9-8-15(11-14(20)2)22-17(12-21(28)27-23(25)26)18(13-30-22)16-6-4-5-7-19(16)24/h4-9,11,13H,3,10,12H2,1-2H3,(H4,25,26,27,28). The van der Waals surface area contributed by atoms with E-state index in [0.29, 0.717) is 11.6 Å². The van der Waals surface area contributed by atoms with Crippen molar-refractivity contribution >= 4 is 34.8 Å². The summed E-state index contributed by atoms with van der Waals surface area (Å²) in [5.74, 6) is 0.216. The lowest BCUT2D eigenvalue weighted by Crippen LogP contribution is -2.24. The summed E-state index contributed by atoms with van der Waals surface area (Å²) in [6.07, 6.45) is 1.02. The molecule has 3 aromatic rings. The zero-order valence-electron chi connectivity index (χ0n) is 16.9. The second kappa shape index (κ2) is 9.78. The van der Waals surface area contributed by atoms with E-state index in [1.807, 2.05) is 48.7 Å². The minimum atomic E-state index is -0.400. The molecule has 4 N–H and O–H groups in total. The molecule has 0 aliphatic heterocycles. The van der Waals surface area contributed by atoms with E-state index in [1.54, 1.807) is 11.3 Å². The lowest BCUT2D eigenvalue weighted by Gasteiger charge is -2.11. The maximum atomic E-state index is 12.4. The van der Waals surface area contributed by atoms with Crippen molar-refractivity contribution < 1.29 is 9.53 Å². The molecular weight excluding hydrogens is 418 g/mol. The molecule has 0 unspecified atom stereocenters. The number of nitrogens with two attached hydrogens (primary N) is 2. The normalized spacial score (nSPS) is 10.6. The van der Waals surface area contributed by atoms with Crippen LogP contribution in [0.3, 0.4) is 0 Å². The van der Waals surface area contributed by atoms with E-state index >= 15 is 0 Å². The predicted octanol–water partition coefficient (Wildman–Crippen LogP) is 5.18. The van der Waals surface area contributed by atoms with Gasteiger partial charge in [0, 0.05) is 15.5 Å². The second-order valence-electron chi connectivity index (χ2n) is 6.87. The van der Waals surface area contributed by atoms with E-state index in [9.17, 15) is 4.79 Å². The van der Waals surface area contributed by atoms with E-state index in [2.05, 4.69) is 18.0 Å². The number of benzene rings is 2. The number of aryl methyl sites for hydroxylation is 1. The van der Waals surface area contributed by atoms with Gasteiger partial charge in [-0.1, -0.05) is 36.7 Å². The molecule has 7 heteroatoms. The Hall–Kier alpha value is -2.83. The SMILES string of the molecule is CCCOc1ccc(-c2scc(-c3ccccc3Cl)c2CC(=O)N=C(N)N)cc1C. The van der Waals surface area contributed by atoms with Crippen LogP contribution < -0.4 is 16.2 Å². The van der Waals surface area contributed by atoms with Gasteiger partial charge in [-0.15, -0.1) is 11.3 Å². The molecular formula is C23H24ClN3O2S. The molecule has 1 heterocycles. The van der Waals surface area contributed by atoms with Crippen molar-refractivity contribution in [3.63, 3.8) is 0 Å². The van der Waals surface area contributed by atoms with Crippen molar-refractivity contribution in [1.29, 1.82) is 0 Å². The average molecular weight is 442 g/mol. The molecule has 0 saturated heterocycles. The van der Waals surface area contributed by atoms with Gasteiger partial charge in [-0.05, 0) is 65.2 Å². The highest BCUT2D eigenvalue weighted by Crippen LogP contribution is 2.41. The molecule has 2 aromatic carbocycles. The van der Waals surface area contributed by atoms with E-state index in [-0.39, 0.29) is 12.4 Å². The maximum Gasteiger partial charge on any atom is 0.253 e. The van der Waals surface area contributed by atoms with E-state index in [0.717, 1.165) is 44.9 Å². The fourth-order valence-corrected chi connectivity index (χ4v) is 4.54. The van der Waals surface area contributed by atoms with Crippen molar-refractivity contribution in [2.24, 2.45) is 16.5 Å². The van der Waals surface area contributed by atoms with Crippen molar-refractivity contribution in [3.05, 3.63) is 64.0 Å². The number of hydrogen-bond donors (Lipinski definition) is 2. The Morgan fingerprint density at radius 1 is 1.17 bits per heavy atom. The molecule has 0 aliphatic rings. The van der Waals surface area contributed by atoms with E-state index in [1.165, 1.54) is 0 Å². The molecule has 0 atom stereocenters. The highest BCUT2D eigenvalue weighted by atomic mass is 35.5. The van der Waals surface area contributed by atoms with Crippen molar-refractivity contribution in [3.8, 4) is 27.3 Å². The van der Waals surface area contributed by atoms with Gasteiger partial charge in [0.1, 0.15) is 5.75 Å². The topological polar surface area (TPSA) is 90.7 Å². The van der Waals surface area contributed by atoms with Crippen molar-refractivity contribution in [2.45, 2.75) is 26.7 Å². The summed E-state index contributed by atoms with van der Waals surface area (Å²) < 4.78 is 5.79. The summed E-state index contributed by atoms with van der Waals surface area (Å²) in [6, 6.07) is 13.6. The highest BCUT2D eigenvalue weighted by Gasteiger charge is 2.19. The van der Waals surface area contributed by atoms with Gasteiger partial charge in [0.15, 0.2) is 5.96 Å².